The molecule has 0 saturated carbocycles. The first-order valence-corrected chi connectivity index (χ1v) is 10.9. The van der Waals surface area contributed by atoms with Crippen LogP contribution in [0.3, 0.4) is 0 Å². The second-order valence-corrected chi connectivity index (χ2v) is 7.53. The number of phosphoric acid groups is 1. The van der Waals surface area contributed by atoms with Crippen molar-refractivity contribution in [2.75, 3.05) is 6.61 Å². The van der Waals surface area contributed by atoms with E-state index < -0.39 is 25.6 Å². The van der Waals surface area contributed by atoms with Gasteiger partial charge in [-0.2, -0.15) is 0 Å². The number of nitrogens with one attached hydrogen (secondary N) is 1. The Labute approximate surface area is 162 Å². The van der Waals surface area contributed by atoms with Gasteiger partial charge in [0, 0.05) is 0 Å². The van der Waals surface area contributed by atoms with Crippen LogP contribution in [0, 0.1) is 0 Å². The van der Waals surface area contributed by atoms with E-state index in [0.717, 1.165) is 25.7 Å². The highest BCUT2D eigenvalue weighted by Crippen LogP contribution is 2.45. The Morgan fingerprint density at radius 2 is 1.74 bits per heavy atom. The molecule has 0 fully saturated rings. The number of alkyl carbamates (subject to hydrolysis) is 1. The van der Waals surface area contributed by atoms with Gasteiger partial charge >= 0.3 is 13.9 Å². The van der Waals surface area contributed by atoms with Crippen molar-refractivity contribution >= 4 is 13.9 Å². The normalized spacial score (nSPS) is 12.6. The van der Waals surface area contributed by atoms with Crippen molar-refractivity contribution in [3.05, 3.63) is 35.9 Å². The van der Waals surface area contributed by atoms with Crippen molar-refractivity contribution in [3.63, 3.8) is 0 Å². The molecule has 3 N–H and O–H groups in total. The van der Waals surface area contributed by atoms with Crippen LogP contribution >= 0.6 is 7.82 Å². The number of carbonyl (C=O) groups excluding carboxylic acids is 1. The van der Waals surface area contributed by atoms with Crippen LogP contribution < -0.4 is 5.32 Å². The lowest BCUT2D eigenvalue weighted by Gasteiger charge is -2.34. The summed E-state index contributed by atoms with van der Waals surface area (Å²) >= 11 is 0. The Hall–Kier alpha value is -1.40. The van der Waals surface area contributed by atoms with Crippen molar-refractivity contribution in [2.45, 2.75) is 71.9 Å². The van der Waals surface area contributed by atoms with Crippen LogP contribution in [0.1, 0.15) is 71.9 Å². The molecule has 1 rings (SSSR count). The highest BCUT2D eigenvalue weighted by Gasteiger charge is 2.39. The Bertz CT molecular complexity index is 573. The van der Waals surface area contributed by atoms with E-state index in [1.54, 1.807) is 24.3 Å². The lowest BCUT2D eigenvalue weighted by molar-refractivity contribution is 0.0282. The van der Waals surface area contributed by atoms with E-state index in [1.807, 2.05) is 19.9 Å². The van der Waals surface area contributed by atoms with Gasteiger partial charge in [0.15, 0.2) is 0 Å². The topological polar surface area (TPSA) is 105 Å². The zero-order valence-corrected chi connectivity index (χ0v) is 17.9. The van der Waals surface area contributed by atoms with E-state index in [1.165, 1.54) is 13.8 Å². The van der Waals surface area contributed by atoms with Crippen LogP contribution in [0.2, 0.25) is 0 Å². The van der Waals surface area contributed by atoms with E-state index in [9.17, 15) is 9.36 Å². The van der Waals surface area contributed by atoms with E-state index in [0.29, 0.717) is 12.2 Å². The highest BCUT2D eigenvalue weighted by atomic mass is 31.2. The molecule has 1 atom stereocenters. The van der Waals surface area contributed by atoms with E-state index in [2.05, 4.69) is 12.2 Å². The molecule has 0 saturated heterocycles. The summed E-state index contributed by atoms with van der Waals surface area (Å²) in [5, 5.41) is 2.66. The van der Waals surface area contributed by atoms with Gasteiger partial charge in [0.1, 0.15) is 0 Å². The predicted molar refractivity (Wildman–Crippen MR) is 106 cm³/mol. The molecule has 0 aliphatic heterocycles. The molecule has 1 unspecified atom stereocenters. The molecule has 0 aromatic heterocycles. The molecule has 1 aromatic carbocycles. The summed E-state index contributed by atoms with van der Waals surface area (Å²) in [6.45, 7) is 9.41. The van der Waals surface area contributed by atoms with Gasteiger partial charge in [-0.05, 0) is 25.8 Å². The Balaban J connectivity index is 0.00000326. The first-order valence-electron chi connectivity index (χ1n) is 9.40. The number of ether oxygens (including phenoxy) is 1. The quantitative estimate of drug-likeness (QED) is 0.377. The number of benzene rings is 1. The summed E-state index contributed by atoms with van der Waals surface area (Å²) in [6.07, 6.45) is 3.29. The molecule has 7 nitrogen and oxygen atoms in total. The summed E-state index contributed by atoms with van der Waals surface area (Å²) < 4.78 is 21.3. The molecule has 0 radical (unpaired) electrons. The van der Waals surface area contributed by atoms with Crippen molar-refractivity contribution in [3.8, 4) is 0 Å². The smallest absolute Gasteiger partial charge is 0.450 e. The first-order chi connectivity index (χ1) is 12.7. The zero-order valence-electron chi connectivity index (χ0n) is 17.0. The Morgan fingerprint density at radius 3 is 2.26 bits per heavy atom. The van der Waals surface area contributed by atoms with E-state index in [-0.39, 0.29) is 0 Å². The lowest BCUT2D eigenvalue weighted by Crippen LogP contribution is -2.43. The van der Waals surface area contributed by atoms with Crippen molar-refractivity contribution < 1.29 is 28.4 Å². The van der Waals surface area contributed by atoms with Gasteiger partial charge in [-0.25, -0.2) is 9.36 Å². The van der Waals surface area contributed by atoms with Gasteiger partial charge in [0.05, 0.1) is 18.2 Å². The molecule has 27 heavy (non-hydrogen) atoms. The molecule has 0 heterocycles. The van der Waals surface area contributed by atoms with Crippen LogP contribution in [-0.2, 0) is 13.8 Å². The second-order valence-electron chi connectivity index (χ2n) is 6.37. The fraction of sp³-hybridized carbons (Fsp3) is 0.632. The first kappa shape index (κ1) is 25.6. The molecule has 1 aromatic rings. The lowest BCUT2D eigenvalue weighted by atomic mass is 9.92. The monoisotopic (exact) mass is 403 g/mol. The molecule has 156 valence electrons. The van der Waals surface area contributed by atoms with Crippen LogP contribution in [-0.4, -0.2) is 28.1 Å². The van der Waals surface area contributed by atoms with Gasteiger partial charge in [0.2, 0.25) is 0 Å². The van der Waals surface area contributed by atoms with E-state index in [4.69, 9.17) is 19.0 Å². The average Bonchev–Trinajstić information content (AvgIpc) is 2.60. The number of carbonyl (C=O) groups is 1. The zero-order chi connectivity index (χ0) is 20.9. The maximum Gasteiger partial charge on any atom is 0.470 e. The largest absolute Gasteiger partial charge is 0.470 e. The van der Waals surface area contributed by atoms with Crippen molar-refractivity contribution in [2.24, 2.45) is 0 Å². The Kier molecular flexibility index (Phi) is 12.2. The maximum atomic E-state index is 12.1. The highest BCUT2D eigenvalue weighted by molar-refractivity contribution is 7.46. The standard InChI is InChI=1S/C17H28NO6P.C2H6/c1-4-5-6-10-13-23-16(19)18-15(14-11-8-7-9-12-14)17(2,3)24-25(20,21)22;1-2/h7-9,11-12,15H,4-6,10,13H2,1-3H3,(H,18,19)(H2,20,21,22);1-2H3. The van der Waals surface area contributed by atoms with Gasteiger partial charge in [0.25, 0.3) is 0 Å². The third kappa shape index (κ3) is 11.1. The third-order valence-electron chi connectivity index (χ3n) is 3.68. The van der Waals surface area contributed by atoms with Gasteiger partial charge in [-0.3, -0.25) is 4.52 Å². The summed E-state index contributed by atoms with van der Waals surface area (Å²) in [5.41, 5.74) is -0.689. The van der Waals surface area contributed by atoms with Crippen LogP contribution in [0.5, 0.6) is 0 Å². The third-order valence-corrected chi connectivity index (χ3v) is 4.38. The van der Waals surface area contributed by atoms with Crippen molar-refractivity contribution in [1.82, 2.24) is 5.32 Å². The summed E-state index contributed by atoms with van der Waals surface area (Å²) in [5.74, 6) is 0. The van der Waals surface area contributed by atoms with Gasteiger partial charge < -0.3 is 19.8 Å². The summed E-state index contributed by atoms with van der Waals surface area (Å²) in [7, 11) is -4.73. The average molecular weight is 403 g/mol. The molecular weight excluding hydrogens is 369 g/mol. The Morgan fingerprint density at radius 1 is 1.15 bits per heavy atom. The molecule has 8 heteroatoms. The number of phosphoric ester groups is 1. The molecule has 0 spiro atoms. The minimum absolute atomic E-state index is 0.299. The second kappa shape index (κ2) is 12.9. The molecule has 0 bridgehead atoms. The summed E-state index contributed by atoms with van der Waals surface area (Å²) in [6, 6.07) is 8.06. The van der Waals surface area contributed by atoms with Gasteiger partial charge in [-0.1, -0.05) is 70.4 Å². The maximum absolute atomic E-state index is 12.1. The predicted octanol–water partition coefficient (Wildman–Crippen LogP) is 4.95. The van der Waals surface area contributed by atoms with Crippen molar-refractivity contribution in [1.29, 1.82) is 0 Å². The van der Waals surface area contributed by atoms with E-state index >= 15 is 0 Å². The molecular formula is C19H34NO6P. The fourth-order valence-electron chi connectivity index (χ4n) is 2.52. The molecule has 0 aliphatic rings. The number of amides is 1. The van der Waals surface area contributed by atoms with Crippen LogP contribution in [0.25, 0.3) is 0 Å². The van der Waals surface area contributed by atoms with Gasteiger partial charge in [-0.15, -0.1) is 0 Å². The number of unbranched alkanes of at least 4 members (excludes halogenated alkanes) is 3. The minimum Gasteiger partial charge on any atom is -0.450 e. The SMILES string of the molecule is CC.CCCCCCOC(=O)NC(c1ccccc1)C(C)(C)OP(=O)(O)O. The minimum atomic E-state index is -4.73. The molecule has 0 aliphatic carbocycles. The van der Waals surface area contributed by atoms with Crippen LogP contribution in [0.4, 0.5) is 4.79 Å². The van der Waals surface area contributed by atoms with Crippen LogP contribution in [0.15, 0.2) is 30.3 Å². The number of hydrogen-bond acceptors (Lipinski definition) is 4. The number of rotatable bonds is 10. The number of hydrogen-bond donors (Lipinski definition) is 3. The summed E-state index contributed by atoms with van der Waals surface area (Å²) in [4.78, 5) is 30.4. The fourth-order valence-corrected chi connectivity index (χ4v) is 3.23. The molecule has 1 amide bonds.